The molecular weight excluding hydrogens is 561 g/mol. The number of hydrogen-bond donors (Lipinski definition) is 1. The van der Waals surface area contributed by atoms with Gasteiger partial charge in [-0.15, -0.1) is 0 Å². The van der Waals surface area contributed by atoms with Crippen LogP contribution in [0.4, 0.5) is 10.1 Å². The van der Waals surface area contributed by atoms with Crippen LogP contribution in [-0.4, -0.2) is 58.5 Å². The number of benzene rings is 3. The molecule has 3 aromatic rings. The number of nitrogens with one attached hydrogen (secondary N) is 1. The summed E-state index contributed by atoms with van der Waals surface area (Å²) in [5, 5.41) is 2.83. The molecule has 42 heavy (non-hydrogen) atoms. The normalized spacial score (nSPS) is 12.0. The summed E-state index contributed by atoms with van der Waals surface area (Å²) in [5.74, 6) is -0.755. The zero-order chi connectivity index (χ0) is 31.0. The molecule has 0 aliphatic carbocycles. The van der Waals surface area contributed by atoms with Crippen molar-refractivity contribution >= 4 is 27.5 Å². The second-order valence-corrected chi connectivity index (χ2v) is 12.2. The third kappa shape index (κ3) is 8.00. The van der Waals surface area contributed by atoms with Gasteiger partial charge in [-0.2, -0.15) is 0 Å². The largest absolute Gasteiger partial charge is 0.497 e. The highest BCUT2D eigenvalue weighted by Gasteiger charge is 2.34. The number of hydrogen-bond acceptors (Lipinski definition) is 6. The van der Waals surface area contributed by atoms with Crippen LogP contribution in [0.5, 0.6) is 11.5 Å². The molecule has 0 bridgehead atoms. The highest BCUT2D eigenvalue weighted by Crippen LogP contribution is 2.36. The summed E-state index contributed by atoms with van der Waals surface area (Å²) in [6, 6.07) is 15.5. The molecule has 0 heterocycles. The summed E-state index contributed by atoms with van der Waals surface area (Å²) >= 11 is 0. The molecule has 0 radical (unpaired) electrons. The van der Waals surface area contributed by atoms with E-state index in [4.69, 9.17) is 9.47 Å². The molecule has 0 saturated carbocycles. The third-order valence-corrected chi connectivity index (χ3v) is 8.43. The lowest BCUT2D eigenvalue weighted by Crippen LogP contribution is -2.51. The highest BCUT2D eigenvalue weighted by molar-refractivity contribution is 7.92. The first-order valence-electron chi connectivity index (χ1n) is 13.5. The van der Waals surface area contributed by atoms with Crippen molar-refractivity contribution in [2.75, 3.05) is 31.6 Å². The van der Waals surface area contributed by atoms with Crippen LogP contribution in [0.15, 0.2) is 71.6 Å². The molecule has 3 aromatic carbocycles. The Balaban J connectivity index is 2.10. The number of halogens is 1. The second-order valence-electron chi connectivity index (χ2n) is 10.3. The minimum absolute atomic E-state index is 0.0291. The maximum Gasteiger partial charge on any atom is 0.264 e. The molecular formula is C31H38FN3O6S. The SMILES string of the molecule is COc1ccc(OC)c(N(CC(=O)N(Cc2ccc(F)cc2)[C@@H](C)C(=O)NCC(C)C)S(=O)(=O)c2ccc(C)cc2)c1. The first kappa shape index (κ1) is 32.4. The first-order chi connectivity index (χ1) is 19.9. The van der Waals surface area contributed by atoms with Crippen molar-refractivity contribution < 1.29 is 31.9 Å². The van der Waals surface area contributed by atoms with Crippen LogP contribution in [0.3, 0.4) is 0 Å². The van der Waals surface area contributed by atoms with E-state index in [-0.39, 0.29) is 28.8 Å². The van der Waals surface area contributed by atoms with E-state index in [0.717, 1.165) is 9.87 Å². The molecule has 2 amide bonds. The Labute approximate surface area is 247 Å². The minimum Gasteiger partial charge on any atom is -0.497 e. The Morgan fingerprint density at radius 3 is 2.14 bits per heavy atom. The monoisotopic (exact) mass is 599 g/mol. The van der Waals surface area contributed by atoms with E-state index in [1.807, 2.05) is 20.8 Å². The molecule has 3 rings (SSSR count). The summed E-state index contributed by atoms with van der Waals surface area (Å²) in [6.07, 6.45) is 0. The highest BCUT2D eigenvalue weighted by atomic mass is 32.2. The molecule has 0 aliphatic rings. The van der Waals surface area contributed by atoms with E-state index in [1.165, 1.54) is 61.6 Å². The average molecular weight is 600 g/mol. The van der Waals surface area contributed by atoms with Gasteiger partial charge in [-0.25, -0.2) is 12.8 Å². The lowest BCUT2D eigenvalue weighted by atomic mass is 10.1. The quantitative estimate of drug-likeness (QED) is 0.310. The maximum absolute atomic E-state index is 14.1. The van der Waals surface area contributed by atoms with Gasteiger partial charge in [-0.1, -0.05) is 43.7 Å². The van der Waals surface area contributed by atoms with Crippen LogP contribution in [-0.2, 0) is 26.2 Å². The van der Waals surface area contributed by atoms with Crippen LogP contribution in [0.2, 0.25) is 0 Å². The van der Waals surface area contributed by atoms with E-state index in [1.54, 1.807) is 31.2 Å². The first-order valence-corrected chi connectivity index (χ1v) is 14.9. The molecule has 1 atom stereocenters. The zero-order valence-corrected chi connectivity index (χ0v) is 25.6. The van der Waals surface area contributed by atoms with Crippen molar-refractivity contribution in [3.63, 3.8) is 0 Å². The predicted molar refractivity (Wildman–Crippen MR) is 160 cm³/mol. The van der Waals surface area contributed by atoms with Crippen LogP contribution >= 0.6 is 0 Å². The number of sulfonamides is 1. The van der Waals surface area contributed by atoms with Gasteiger partial charge in [0.05, 0.1) is 24.8 Å². The minimum atomic E-state index is -4.30. The summed E-state index contributed by atoms with van der Waals surface area (Å²) in [6.45, 7) is 7.00. The Morgan fingerprint density at radius 2 is 1.57 bits per heavy atom. The van der Waals surface area contributed by atoms with E-state index in [0.29, 0.717) is 17.9 Å². The van der Waals surface area contributed by atoms with Gasteiger partial charge >= 0.3 is 0 Å². The Bertz CT molecular complexity index is 1480. The number of ether oxygens (including phenoxy) is 2. The van der Waals surface area contributed by atoms with Gasteiger partial charge in [0.1, 0.15) is 29.9 Å². The number of carbonyl (C=O) groups excluding carboxylic acids is 2. The summed E-state index contributed by atoms with van der Waals surface area (Å²) in [5.41, 5.74) is 1.52. The predicted octanol–water partition coefficient (Wildman–Crippen LogP) is 4.54. The van der Waals surface area contributed by atoms with Crippen molar-refractivity contribution in [2.45, 2.75) is 45.2 Å². The van der Waals surface area contributed by atoms with Crippen LogP contribution in [0, 0.1) is 18.7 Å². The van der Waals surface area contributed by atoms with E-state index in [9.17, 15) is 22.4 Å². The molecule has 0 saturated heterocycles. The van der Waals surface area contributed by atoms with E-state index < -0.39 is 40.2 Å². The van der Waals surface area contributed by atoms with Crippen molar-refractivity contribution in [3.05, 3.63) is 83.7 Å². The van der Waals surface area contributed by atoms with Gasteiger partial charge in [0.2, 0.25) is 11.8 Å². The number of carbonyl (C=O) groups is 2. The molecule has 11 heteroatoms. The molecule has 0 aliphatic heterocycles. The van der Waals surface area contributed by atoms with Gasteiger partial charge < -0.3 is 19.7 Å². The van der Waals surface area contributed by atoms with E-state index >= 15 is 0 Å². The van der Waals surface area contributed by atoms with Crippen molar-refractivity contribution in [1.29, 1.82) is 0 Å². The van der Waals surface area contributed by atoms with Crippen molar-refractivity contribution in [2.24, 2.45) is 5.92 Å². The second kappa shape index (κ2) is 14.2. The van der Waals surface area contributed by atoms with Crippen LogP contribution < -0.4 is 19.1 Å². The number of methoxy groups -OCH3 is 2. The smallest absolute Gasteiger partial charge is 0.264 e. The number of aryl methyl sites for hydroxylation is 1. The number of nitrogens with zero attached hydrogens (tertiary/aromatic N) is 2. The van der Waals surface area contributed by atoms with Crippen molar-refractivity contribution in [1.82, 2.24) is 10.2 Å². The fraction of sp³-hybridized carbons (Fsp3) is 0.355. The molecule has 9 nitrogen and oxygen atoms in total. The van der Waals surface area contributed by atoms with Crippen molar-refractivity contribution in [3.8, 4) is 11.5 Å². The van der Waals surface area contributed by atoms with Gasteiger partial charge in [0.15, 0.2) is 0 Å². The molecule has 0 unspecified atom stereocenters. The fourth-order valence-corrected chi connectivity index (χ4v) is 5.58. The average Bonchev–Trinajstić information content (AvgIpc) is 2.97. The Kier molecular flexibility index (Phi) is 10.9. The number of rotatable bonds is 13. The fourth-order valence-electron chi connectivity index (χ4n) is 4.16. The third-order valence-electron chi connectivity index (χ3n) is 6.66. The van der Waals surface area contributed by atoms with Gasteiger partial charge in [0.25, 0.3) is 10.0 Å². The topological polar surface area (TPSA) is 105 Å². The molecule has 0 spiro atoms. The van der Waals surface area contributed by atoms with Crippen LogP contribution in [0.1, 0.15) is 31.9 Å². The number of amides is 2. The standard InChI is InChI=1S/C31H38FN3O6S/c1-21(2)18-33-31(37)23(4)34(19-24-9-11-25(32)12-10-24)30(36)20-35(28-17-26(40-5)13-16-29(28)41-6)42(38,39)27-14-7-22(3)8-15-27/h7-17,21,23H,18-20H2,1-6H3,(H,33,37)/t23-/m0/s1. The Morgan fingerprint density at radius 1 is 0.929 bits per heavy atom. The maximum atomic E-state index is 14.1. The summed E-state index contributed by atoms with van der Waals surface area (Å²) < 4.78 is 53.6. The zero-order valence-electron chi connectivity index (χ0n) is 24.8. The lowest BCUT2D eigenvalue weighted by molar-refractivity contribution is -0.139. The summed E-state index contributed by atoms with van der Waals surface area (Å²) in [7, 11) is -1.47. The molecule has 0 fully saturated rings. The van der Waals surface area contributed by atoms with Crippen LogP contribution in [0.25, 0.3) is 0 Å². The van der Waals surface area contributed by atoms with Gasteiger partial charge in [-0.05, 0) is 61.7 Å². The molecule has 0 aromatic heterocycles. The number of anilines is 1. The van der Waals surface area contributed by atoms with Gasteiger partial charge in [-0.3, -0.25) is 13.9 Å². The Hall–Kier alpha value is -4.12. The van der Waals surface area contributed by atoms with Gasteiger partial charge in [0, 0.05) is 19.2 Å². The van der Waals surface area contributed by atoms with E-state index in [2.05, 4.69) is 5.32 Å². The lowest BCUT2D eigenvalue weighted by Gasteiger charge is -2.32. The summed E-state index contributed by atoms with van der Waals surface area (Å²) in [4.78, 5) is 28.4. The molecule has 1 N–H and O–H groups in total. The molecule has 226 valence electrons.